The number of halogens is 2. The van der Waals surface area contributed by atoms with Crippen LogP contribution < -0.4 is 16.0 Å². The first-order chi connectivity index (χ1) is 11.4. The predicted octanol–water partition coefficient (Wildman–Crippen LogP) is 3.53. The first kappa shape index (κ1) is 17.8. The van der Waals surface area contributed by atoms with E-state index >= 15 is 0 Å². The lowest BCUT2D eigenvalue weighted by Crippen LogP contribution is -2.29. The van der Waals surface area contributed by atoms with Crippen molar-refractivity contribution in [2.75, 3.05) is 16.0 Å². The molecule has 0 aliphatic heterocycles. The van der Waals surface area contributed by atoms with E-state index in [9.17, 15) is 14.4 Å². The summed E-state index contributed by atoms with van der Waals surface area (Å²) in [5.41, 5.74) is 1.01. The third kappa shape index (κ3) is 4.71. The highest BCUT2D eigenvalue weighted by Gasteiger charge is 2.17. The summed E-state index contributed by atoms with van der Waals surface area (Å²) >= 11 is 11.9. The minimum atomic E-state index is -0.921. The minimum Gasteiger partial charge on any atom is -0.326 e. The first-order valence-electron chi connectivity index (χ1n) is 6.81. The molecule has 124 valence electrons. The van der Waals surface area contributed by atoms with Crippen molar-refractivity contribution in [3.8, 4) is 0 Å². The molecule has 8 heteroatoms. The van der Waals surface area contributed by atoms with Crippen molar-refractivity contribution in [2.45, 2.75) is 6.92 Å². The van der Waals surface area contributed by atoms with E-state index in [4.69, 9.17) is 23.2 Å². The Kier molecular flexibility index (Phi) is 5.78. The molecule has 0 saturated carbocycles. The van der Waals surface area contributed by atoms with Gasteiger partial charge in [0.2, 0.25) is 5.91 Å². The number of benzene rings is 2. The maximum Gasteiger partial charge on any atom is 0.314 e. The predicted molar refractivity (Wildman–Crippen MR) is 94.5 cm³/mol. The van der Waals surface area contributed by atoms with Crippen molar-refractivity contribution in [3.05, 3.63) is 52.5 Å². The minimum absolute atomic E-state index is 0.160. The zero-order chi connectivity index (χ0) is 17.7. The van der Waals surface area contributed by atoms with Crippen molar-refractivity contribution < 1.29 is 14.4 Å². The molecule has 0 saturated heterocycles. The van der Waals surface area contributed by atoms with Gasteiger partial charge < -0.3 is 16.0 Å². The Hall–Kier alpha value is -2.57. The zero-order valence-corrected chi connectivity index (χ0v) is 14.0. The standard InChI is InChI=1S/C16H13Cl2N3O3/c1-9(22)19-10-4-2-5-11(8-10)20-15(23)16(24)21-14-12(17)6-3-7-13(14)18/h2-8H,1H3,(H,19,22)(H,20,23)(H,21,24). The number of rotatable bonds is 3. The molecule has 2 aromatic carbocycles. The van der Waals surface area contributed by atoms with Crippen LogP contribution >= 0.6 is 23.2 Å². The molecule has 0 bridgehead atoms. The SMILES string of the molecule is CC(=O)Nc1cccc(NC(=O)C(=O)Nc2c(Cl)cccc2Cl)c1. The highest BCUT2D eigenvalue weighted by atomic mass is 35.5. The maximum atomic E-state index is 12.0. The van der Waals surface area contributed by atoms with Crippen molar-refractivity contribution >= 4 is 58.0 Å². The summed E-state index contributed by atoms with van der Waals surface area (Å²) in [7, 11) is 0. The molecule has 2 rings (SSSR count). The Morgan fingerprint density at radius 2 is 1.29 bits per heavy atom. The summed E-state index contributed by atoms with van der Waals surface area (Å²) in [6.07, 6.45) is 0. The fourth-order valence-corrected chi connectivity index (χ4v) is 2.35. The van der Waals surface area contributed by atoms with Gasteiger partial charge >= 0.3 is 11.8 Å². The number of hydrogen-bond acceptors (Lipinski definition) is 3. The third-order valence-corrected chi connectivity index (χ3v) is 3.48. The Balaban J connectivity index is 2.07. The second-order valence-corrected chi connectivity index (χ2v) is 5.58. The second kappa shape index (κ2) is 7.81. The lowest BCUT2D eigenvalue weighted by Gasteiger charge is -2.10. The molecule has 0 unspecified atom stereocenters. The van der Waals surface area contributed by atoms with Gasteiger partial charge in [0.15, 0.2) is 0 Å². The molecule has 0 aliphatic carbocycles. The molecule has 0 fully saturated rings. The number of carbonyl (C=O) groups is 3. The number of anilines is 3. The van der Waals surface area contributed by atoms with Crippen LogP contribution in [0.2, 0.25) is 10.0 Å². The summed E-state index contributed by atoms with van der Waals surface area (Å²) < 4.78 is 0. The summed E-state index contributed by atoms with van der Waals surface area (Å²) in [5, 5.41) is 7.80. The molecule has 0 atom stereocenters. The quantitative estimate of drug-likeness (QED) is 0.727. The van der Waals surface area contributed by atoms with E-state index < -0.39 is 11.8 Å². The van der Waals surface area contributed by atoms with Crippen LogP contribution in [0.4, 0.5) is 17.1 Å². The Morgan fingerprint density at radius 1 is 0.792 bits per heavy atom. The van der Waals surface area contributed by atoms with Crippen LogP contribution in [0, 0.1) is 0 Å². The fourth-order valence-electron chi connectivity index (χ4n) is 1.85. The van der Waals surface area contributed by atoms with E-state index in [1.807, 2.05) is 0 Å². The molecule has 0 aromatic heterocycles. The summed E-state index contributed by atoms with van der Waals surface area (Å²) in [6, 6.07) is 11.1. The van der Waals surface area contributed by atoms with Gasteiger partial charge in [0, 0.05) is 18.3 Å². The van der Waals surface area contributed by atoms with Crippen molar-refractivity contribution in [3.63, 3.8) is 0 Å². The Morgan fingerprint density at radius 3 is 1.88 bits per heavy atom. The zero-order valence-electron chi connectivity index (χ0n) is 12.5. The first-order valence-corrected chi connectivity index (χ1v) is 7.56. The van der Waals surface area contributed by atoms with E-state index in [2.05, 4.69) is 16.0 Å². The van der Waals surface area contributed by atoms with Gasteiger partial charge in [0.25, 0.3) is 0 Å². The lowest BCUT2D eigenvalue weighted by molar-refractivity contribution is -0.132. The van der Waals surface area contributed by atoms with Crippen molar-refractivity contribution in [2.24, 2.45) is 0 Å². The van der Waals surface area contributed by atoms with E-state index in [1.165, 1.54) is 25.1 Å². The summed E-state index contributed by atoms with van der Waals surface area (Å²) in [5.74, 6) is -2.06. The molecular formula is C16H13Cl2N3O3. The summed E-state index contributed by atoms with van der Waals surface area (Å²) in [6.45, 7) is 1.37. The van der Waals surface area contributed by atoms with Gasteiger partial charge in [-0.3, -0.25) is 14.4 Å². The molecule has 0 radical (unpaired) electrons. The fraction of sp³-hybridized carbons (Fsp3) is 0.0625. The van der Waals surface area contributed by atoms with E-state index in [0.29, 0.717) is 11.4 Å². The highest BCUT2D eigenvalue weighted by Crippen LogP contribution is 2.29. The second-order valence-electron chi connectivity index (χ2n) is 4.77. The smallest absolute Gasteiger partial charge is 0.314 e. The normalized spacial score (nSPS) is 9.96. The van der Waals surface area contributed by atoms with Crippen LogP contribution in [-0.2, 0) is 14.4 Å². The van der Waals surface area contributed by atoms with Gasteiger partial charge in [-0.1, -0.05) is 35.3 Å². The average Bonchev–Trinajstić information content (AvgIpc) is 2.50. The molecule has 3 amide bonds. The molecule has 6 nitrogen and oxygen atoms in total. The summed E-state index contributed by atoms with van der Waals surface area (Å²) in [4.78, 5) is 35.0. The topological polar surface area (TPSA) is 87.3 Å². The maximum absolute atomic E-state index is 12.0. The van der Waals surface area contributed by atoms with Crippen LogP contribution in [0.25, 0.3) is 0 Å². The van der Waals surface area contributed by atoms with Gasteiger partial charge in [-0.25, -0.2) is 0 Å². The van der Waals surface area contributed by atoms with E-state index in [0.717, 1.165) is 0 Å². The van der Waals surface area contributed by atoms with Crippen molar-refractivity contribution in [1.29, 1.82) is 0 Å². The van der Waals surface area contributed by atoms with Crippen LogP contribution in [0.3, 0.4) is 0 Å². The highest BCUT2D eigenvalue weighted by molar-refractivity contribution is 6.46. The van der Waals surface area contributed by atoms with Crippen LogP contribution in [0.15, 0.2) is 42.5 Å². The van der Waals surface area contributed by atoms with Gasteiger partial charge in [0.05, 0.1) is 15.7 Å². The molecular weight excluding hydrogens is 353 g/mol. The number of hydrogen-bond donors (Lipinski definition) is 3. The van der Waals surface area contributed by atoms with Crippen LogP contribution in [0.5, 0.6) is 0 Å². The average molecular weight is 366 g/mol. The van der Waals surface area contributed by atoms with Crippen molar-refractivity contribution in [1.82, 2.24) is 0 Å². The largest absolute Gasteiger partial charge is 0.326 e. The van der Waals surface area contributed by atoms with E-state index in [-0.39, 0.29) is 21.6 Å². The Labute approximate surface area is 148 Å². The van der Waals surface area contributed by atoms with Crippen LogP contribution in [0.1, 0.15) is 6.92 Å². The number of para-hydroxylation sites is 1. The molecule has 3 N–H and O–H groups in total. The molecule has 24 heavy (non-hydrogen) atoms. The number of nitrogens with one attached hydrogen (secondary N) is 3. The molecule has 0 spiro atoms. The lowest BCUT2D eigenvalue weighted by atomic mass is 10.2. The molecule has 2 aromatic rings. The van der Waals surface area contributed by atoms with Crippen LogP contribution in [-0.4, -0.2) is 17.7 Å². The monoisotopic (exact) mass is 365 g/mol. The molecule has 0 heterocycles. The van der Waals surface area contributed by atoms with Gasteiger partial charge in [-0.2, -0.15) is 0 Å². The van der Waals surface area contributed by atoms with Gasteiger partial charge in [0.1, 0.15) is 0 Å². The number of carbonyl (C=O) groups excluding carboxylic acids is 3. The Bertz CT molecular complexity index is 789. The van der Waals surface area contributed by atoms with Gasteiger partial charge in [-0.15, -0.1) is 0 Å². The van der Waals surface area contributed by atoms with Gasteiger partial charge in [-0.05, 0) is 30.3 Å². The van der Waals surface area contributed by atoms with E-state index in [1.54, 1.807) is 24.3 Å². The molecule has 0 aliphatic rings. The third-order valence-electron chi connectivity index (χ3n) is 2.85. The number of amides is 3.